The summed E-state index contributed by atoms with van der Waals surface area (Å²) < 4.78 is 0. The van der Waals surface area contributed by atoms with Crippen LogP contribution in [0.3, 0.4) is 0 Å². The Hall–Kier alpha value is -1.07. The SMILES string of the molecule is CCNC(=NCC1(O)CCCC1)NCC(C)c1cccs1. The van der Waals surface area contributed by atoms with Crippen molar-refractivity contribution in [1.29, 1.82) is 0 Å². The number of aliphatic imine (C=N–C) groups is 1. The van der Waals surface area contributed by atoms with Crippen LogP contribution in [0.15, 0.2) is 22.5 Å². The summed E-state index contributed by atoms with van der Waals surface area (Å²) in [5.74, 6) is 1.27. The Morgan fingerprint density at radius 1 is 1.43 bits per heavy atom. The van der Waals surface area contributed by atoms with Gasteiger partial charge in [-0.3, -0.25) is 4.99 Å². The van der Waals surface area contributed by atoms with Gasteiger partial charge in [0.05, 0.1) is 12.1 Å². The molecule has 4 nitrogen and oxygen atoms in total. The van der Waals surface area contributed by atoms with Crippen LogP contribution >= 0.6 is 11.3 Å². The van der Waals surface area contributed by atoms with E-state index in [0.29, 0.717) is 12.5 Å². The van der Waals surface area contributed by atoms with Gasteiger partial charge in [-0.2, -0.15) is 0 Å². The van der Waals surface area contributed by atoms with Crippen LogP contribution in [0.5, 0.6) is 0 Å². The molecular weight excluding hydrogens is 282 g/mol. The van der Waals surface area contributed by atoms with E-state index in [4.69, 9.17) is 0 Å². The smallest absolute Gasteiger partial charge is 0.191 e. The molecule has 0 saturated heterocycles. The van der Waals surface area contributed by atoms with E-state index < -0.39 is 5.60 Å². The largest absolute Gasteiger partial charge is 0.388 e. The van der Waals surface area contributed by atoms with E-state index in [9.17, 15) is 5.11 Å². The molecule has 5 heteroatoms. The summed E-state index contributed by atoms with van der Waals surface area (Å²) in [6, 6.07) is 4.26. The van der Waals surface area contributed by atoms with Crippen molar-refractivity contribution in [3.05, 3.63) is 22.4 Å². The zero-order chi connectivity index (χ0) is 15.1. The summed E-state index contributed by atoms with van der Waals surface area (Å²) in [4.78, 5) is 5.95. The van der Waals surface area contributed by atoms with Crippen molar-refractivity contribution in [3.8, 4) is 0 Å². The molecule has 0 aromatic carbocycles. The van der Waals surface area contributed by atoms with E-state index in [1.807, 2.05) is 0 Å². The van der Waals surface area contributed by atoms with E-state index >= 15 is 0 Å². The van der Waals surface area contributed by atoms with E-state index in [-0.39, 0.29) is 0 Å². The minimum atomic E-state index is -0.582. The number of rotatable bonds is 6. The van der Waals surface area contributed by atoms with Gasteiger partial charge in [0.25, 0.3) is 0 Å². The number of aliphatic hydroxyl groups is 1. The molecule has 1 aliphatic rings. The van der Waals surface area contributed by atoms with Crippen molar-refractivity contribution in [2.24, 2.45) is 4.99 Å². The maximum Gasteiger partial charge on any atom is 0.191 e. The molecule has 0 radical (unpaired) electrons. The molecule has 1 heterocycles. The Kier molecular flexibility index (Phi) is 6.06. The van der Waals surface area contributed by atoms with Crippen LogP contribution in [-0.4, -0.2) is 36.3 Å². The second-order valence-electron chi connectivity index (χ2n) is 5.92. The molecule has 0 spiro atoms. The first kappa shape index (κ1) is 16.3. The molecule has 1 saturated carbocycles. The first-order valence-electron chi connectivity index (χ1n) is 7.91. The minimum absolute atomic E-state index is 0.462. The quantitative estimate of drug-likeness (QED) is 0.559. The predicted molar refractivity (Wildman–Crippen MR) is 90.1 cm³/mol. The Morgan fingerprint density at radius 2 is 2.19 bits per heavy atom. The van der Waals surface area contributed by atoms with Crippen LogP contribution in [0.4, 0.5) is 0 Å². The summed E-state index contributed by atoms with van der Waals surface area (Å²) in [6.45, 7) is 6.45. The highest BCUT2D eigenvalue weighted by atomic mass is 32.1. The summed E-state index contributed by atoms with van der Waals surface area (Å²) in [6.07, 6.45) is 3.99. The highest BCUT2D eigenvalue weighted by Crippen LogP contribution is 2.29. The van der Waals surface area contributed by atoms with Gasteiger partial charge in [-0.05, 0) is 31.2 Å². The predicted octanol–water partition coefficient (Wildman–Crippen LogP) is 2.71. The zero-order valence-corrected chi connectivity index (χ0v) is 13.9. The normalized spacial score (nSPS) is 19.5. The molecule has 1 aliphatic carbocycles. The molecule has 1 unspecified atom stereocenters. The molecular formula is C16H27N3OS. The van der Waals surface area contributed by atoms with Crippen molar-refractivity contribution in [3.63, 3.8) is 0 Å². The molecule has 1 aromatic rings. The van der Waals surface area contributed by atoms with Crippen molar-refractivity contribution < 1.29 is 5.11 Å². The van der Waals surface area contributed by atoms with Crippen molar-refractivity contribution in [2.75, 3.05) is 19.6 Å². The molecule has 118 valence electrons. The Balaban J connectivity index is 1.86. The van der Waals surface area contributed by atoms with Crippen LogP contribution in [-0.2, 0) is 0 Å². The second kappa shape index (κ2) is 7.80. The molecule has 3 N–H and O–H groups in total. The average molecular weight is 309 g/mol. The highest BCUT2D eigenvalue weighted by Gasteiger charge is 2.30. The van der Waals surface area contributed by atoms with Gasteiger partial charge >= 0.3 is 0 Å². The molecule has 0 bridgehead atoms. The number of guanidine groups is 1. The average Bonchev–Trinajstić information content (AvgIpc) is 3.13. The molecule has 1 atom stereocenters. The van der Waals surface area contributed by atoms with Gasteiger partial charge in [0, 0.05) is 23.9 Å². The van der Waals surface area contributed by atoms with Gasteiger partial charge in [-0.15, -0.1) is 11.3 Å². The van der Waals surface area contributed by atoms with Crippen molar-refractivity contribution >= 4 is 17.3 Å². The standard InChI is InChI=1S/C16H27N3OS/c1-3-17-15(19-12-16(20)8-4-5-9-16)18-11-13(2)14-7-6-10-21-14/h6-7,10,13,20H,3-5,8-9,11-12H2,1-2H3,(H2,17,18,19). The fourth-order valence-corrected chi connectivity index (χ4v) is 3.47. The summed E-state index contributed by atoms with van der Waals surface area (Å²) >= 11 is 1.79. The molecule has 2 rings (SSSR count). The van der Waals surface area contributed by atoms with E-state index in [2.05, 4.69) is 47.0 Å². The molecule has 1 aromatic heterocycles. The summed E-state index contributed by atoms with van der Waals surface area (Å²) in [7, 11) is 0. The first-order valence-corrected chi connectivity index (χ1v) is 8.79. The van der Waals surface area contributed by atoms with Crippen LogP contribution in [0, 0.1) is 0 Å². The Bertz CT molecular complexity index is 438. The van der Waals surface area contributed by atoms with Gasteiger partial charge in [0.15, 0.2) is 5.96 Å². The number of nitrogens with one attached hydrogen (secondary N) is 2. The van der Waals surface area contributed by atoms with Crippen LogP contribution < -0.4 is 10.6 Å². The topological polar surface area (TPSA) is 56.7 Å². The number of nitrogens with zero attached hydrogens (tertiary/aromatic N) is 1. The Labute approximate surface area is 131 Å². The second-order valence-corrected chi connectivity index (χ2v) is 6.90. The fraction of sp³-hybridized carbons (Fsp3) is 0.688. The van der Waals surface area contributed by atoms with E-state index in [1.54, 1.807) is 11.3 Å². The van der Waals surface area contributed by atoms with E-state index in [1.165, 1.54) is 4.88 Å². The highest BCUT2D eigenvalue weighted by molar-refractivity contribution is 7.10. The maximum absolute atomic E-state index is 10.4. The molecule has 21 heavy (non-hydrogen) atoms. The van der Waals surface area contributed by atoms with Gasteiger partial charge in [-0.1, -0.05) is 25.8 Å². The number of hydrogen-bond acceptors (Lipinski definition) is 3. The van der Waals surface area contributed by atoms with Gasteiger partial charge in [0.2, 0.25) is 0 Å². The Morgan fingerprint density at radius 3 is 2.81 bits per heavy atom. The summed E-state index contributed by atoms with van der Waals surface area (Å²) in [5, 5.41) is 19.1. The number of hydrogen-bond donors (Lipinski definition) is 3. The fourth-order valence-electron chi connectivity index (χ4n) is 2.68. The van der Waals surface area contributed by atoms with Crippen molar-refractivity contribution in [1.82, 2.24) is 10.6 Å². The lowest BCUT2D eigenvalue weighted by Crippen LogP contribution is -2.40. The molecule has 1 fully saturated rings. The third-order valence-corrected chi connectivity index (χ3v) is 5.12. The van der Waals surface area contributed by atoms with Crippen molar-refractivity contribution in [2.45, 2.75) is 51.0 Å². The van der Waals surface area contributed by atoms with Crippen LogP contribution in [0.25, 0.3) is 0 Å². The van der Waals surface area contributed by atoms with Gasteiger partial charge in [-0.25, -0.2) is 0 Å². The minimum Gasteiger partial charge on any atom is -0.388 e. The van der Waals surface area contributed by atoms with Gasteiger partial charge in [0.1, 0.15) is 0 Å². The van der Waals surface area contributed by atoms with Crippen LogP contribution in [0.2, 0.25) is 0 Å². The summed E-state index contributed by atoms with van der Waals surface area (Å²) in [5.41, 5.74) is -0.582. The monoisotopic (exact) mass is 309 g/mol. The lowest BCUT2D eigenvalue weighted by atomic mass is 10.0. The number of thiophene rings is 1. The third-order valence-electron chi connectivity index (χ3n) is 4.01. The van der Waals surface area contributed by atoms with Gasteiger partial charge < -0.3 is 15.7 Å². The van der Waals surface area contributed by atoms with Crippen LogP contribution in [0.1, 0.15) is 50.3 Å². The molecule has 0 amide bonds. The first-order chi connectivity index (χ1) is 10.1. The lowest BCUT2D eigenvalue weighted by molar-refractivity contribution is 0.0574. The third kappa shape index (κ3) is 5.00. The zero-order valence-electron chi connectivity index (χ0n) is 13.1. The lowest BCUT2D eigenvalue weighted by Gasteiger charge is -2.21. The maximum atomic E-state index is 10.4. The molecule has 0 aliphatic heterocycles. The van der Waals surface area contributed by atoms with E-state index in [0.717, 1.165) is 44.7 Å².